The highest BCUT2D eigenvalue weighted by Crippen LogP contribution is 2.38. The molecule has 0 aliphatic heterocycles. The van der Waals surface area contributed by atoms with Gasteiger partial charge in [0.1, 0.15) is 6.33 Å². The van der Waals surface area contributed by atoms with Crippen molar-refractivity contribution in [3.63, 3.8) is 0 Å². The van der Waals surface area contributed by atoms with E-state index in [1.54, 1.807) is 35.3 Å². The van der Waals surface area contributed by atoms with Crippen molar-refractivity contribution in [2.24, 2.45) is 0 Å². The molecule has 0 N–H and O–H groups in total. The Balaban J connectivity index is 1.50. The maximum atomic E-state index is 15.3. The van der Waals surface area contributed by atoms with Gasteiger partial charge in [-0.1, -0.05) is 38.4 Å². The van der Waals surface area contributed by atoms with Crippen LogP contribution in [0.5, 0.6) is 0 Å². The van der Waals surface area contributed by atoms with Gasteiger partial charge in [0, 0.05) is 41.9 Å². The van der Waals surface area contributed by atoms with E-state index < -0.39 is 26.7 Å². The predicted octanol–water partition coefficient (Wildman–Crippen LogP) is 6.97. The van der Waals surface area contributed by atoms with Crippen molar-refractivity contribution >= 4 is 19.9 Å². The monoisotopic (exact) mass is 629 g/mol. The van der Waals surface area contributed by atoms with Crippen LogP contribution in [0.1, 0.15) is 45.5 Å². The molecule has 1 unspecified atom stereocenters. The first-order valence-electron chi connectivity index (χ1n) is 13.5. The number of halogens is 4. The minimum Gasteiger partial charge on any atom is -0.417 e. The van der Waals surface area contributed by atoms with Crippen LogP contribution in [0.25, 0.3) is 28.1 Å². The topological polar surface area (TPSA) is 101 Å². The average Bonchev–Trinajstić information content (AvgIpc) is 3.74. The third-order valence-electron chi connectivity index (χ3n) is 7.82. The summed E-state index contributed by atoms with van der Waals surface area (Å²) in [6, 6.07) is 7.69. The molecule has 4 heterocycles. The maximum Gasteiger partial charge on any atom is 0.333 e. The summed E-state index contributed by atoms with van der Waals surface area (Å²) in [6.07, 6.45) is 7.95. The van der Waals surface area contributed by atoms with Crippen LogP contribution in [-0.4, -0.2) is 59.7 Å². The van der Waals surface area contributed by atoms with Crippen LogP contribution >= 0.6 is 11.6 Å². The van der Waals surface area contributed by atoms with Gasteiger partial charge in [-0.3, -0.25) is 9.67 Å². The number of hydrogen-bond acceptors (Lipinski definition) is 7. The molecule has 0 aliphatic rings. The fraction of sp³-hybridized carbons (Fsp3) is 0.357. The van der Waals surface area contributed by atoms with Crippen molar-refractivity contribution in [2.75, 3.05) is 6.61 Å². The van der Waals surface area contributed by atoms with Gasteiger partial charge in [0.05, 0.1) is 34.3 Å². The maximum absolute atomic E-state index is 15.3. The second-order valence-corrected chi connectivity index (χ2v) is 16.8. The molecule has 0 aliphatic carbocycles. The van der Waals surface area contributed by atoms with Gasteiger partial charge < -0.3 is 4.43 Å². The zero-order chi connectivity index (χ0) is 30.9. The van der Waals surface area contributed by atoms with E-state index in [0.29, 0.717) is 40.2 Å². The fourth-order valence-electron chi connectivity index (χ4n) is 4.42. The van der Waals surface area contributed by atoms with E-state index in [-0.39, 0.29) is 21.3 Å². The zero-order valence-corrected chi connectivity index (χ0v) is 26.0. The summed E-state index contributed by atoms with van der Waals surface area (Å²) in [5.41, 5.74) is 2.41. The third kappa shape index (κ3) is 6.26. The molecule has 0 saturated carbocycles. The molecule has 0 saturated heterocycles. The number of benzene rings is 1. The molecule has 15 heteroatoms. The van der Waals surface area contributed by atoms with Crippen LogP contribution < -0.4 is 0 Å². The molecule has 10 nitrogen and oxygen atoms in total. The molecule has 5 aromatic rings. The minimum absolute atomic E-state index is 0.0211. The van der Waals surface area contributed by atoms with Gasteiger partial charge in [-0.2, -0.15) is 23.7 Å². The smallest absolute Gasteiger partial charge is 0.333 e. The molecule has 0 amide bonds. The van der Waals surface area contributed by atoms with Crippen molar-refractivity contribution in [1.82, 2.24) is 44.8 Å². The Hall–Kier alpha value is -3.88. The lowest BCUT2D eigenvalue weighted by Gasteiger charge is -2.36. The molecule has 0 radical (unpaired) electrons. The summed E-state index contributed by atoms with van der Waals surface area (Å²) in [7, 11) is -2.05. The zero-order valence-electron chi connectivity index (χ0n) is 24.3. The highest BCUT2D eigenvalue weighted by molar-refractivity contribution is 6.74. The lowest BCUT2D eigenvalue weighted by Crippen LogP contribution is -2.41. The Morgan fingerprint density at radius 2 is 1.81 bits per heavy atom. The van der Waals surface area contributed by atoms with E-state index in [0.717, 1.165) is 0 Å². The van der Waals surface area contributed by atoms with Crippen LogP contribution in [0.2, 0.25) is 23.2 Å². The van der Waals surface area contributed by atoms with E-state index >= 15 is 4.39 Å². The first-order valence-corrected chi connectivity index (χ1v) is 16.8. The Kier molecular flexibility index (Phi) is 8.54. The summed E-state index contributed by atoms with van der Waals surface area (Å²) in [5.74, 6) is -0.629. The largest absolute Gasteiger partial charge is 0.417 e. The van der Waals surface area contributed by atoms with Crippen LogP contribution in [-0.2, 0) is 4.43 Å². The summed E-state index contributed by atoms with van der Waals surface area (Å²) in [5, 5.41) is 19.4. The average molecular weight is 630 g/mol. The van der Waals surface area contributed by atoms with E-state index in [2.05, 4.69) is 59.6 Å². The number of pyridine rings is 1. The van der Waals surface area contributed by atoms with Crippen LogP contribution in [0.4, 0.5) is 13.2 Å². The predicted molar refractivity (Wildman–Crippen MR) is 158 cm³/mol. The standard InChI is InChI=1S/C28H31ClF3N9OSi/c1-28(2,3)43(4,5)42-13-11-23(39-16-19(15-36-39)22-10-12-35-41(22)27(31)32)21-8-6-18(14-33-21)25-24(40-17-34-37-38-40)9-7-20(29)26(25)30/h6-10,12,14-17,23,27H,11,13H2,1-5H3. The van der Waals surface area contributed by atoms with Crippen molar-refractivity contribution in [2.45, 2.75) is 57.9 Å². The van der Waals surface area contributed by atoms with E-state index in [1.165, 1.54) is 35.5 Å². The highest BCUT2D eigenvalue weighted by Gasteiger charge is 2.37. The van der Waals surface area contributed by atoms with Gasteiger partial charge in [0.2, 0.25) is 0 Å². The van der Waals surface area contributed by atoms with E-state index in [9.17, 15) is 8.78 Å². The molecule has 0 fully saturated rings. The second kappa shape index (κ2) is 12.0. The molecule has 1 atom stereocenters. The Labute approximate surface area is 252 Å². The van der Waals surface area contributed by atoms with Crippen molar-refractivity contribution < 1.29 is 17.6 Å². The van der Waals surface area contributed by atoms with Gasteiger partial charge in [0.15, 0.2) is 14.1 Å². The Bertz CT molecular complexity index is 1680. The van der Waals surface area contributed by atoms with E-state index in [1.807, 2.05) is 0 Å². The number of tetrazole rings is 1. The number of aromatic nitrogens is 9. The highest BCUT2D eigenvalue weighted by atomic mass is 35.5. The van der Waals surface area contributed by atoms with Gasteiger partial charge in [-0.05, 0) is 59.2 Å². The number of alkyl halides is 2. The molecular formula is C28H31ClF3N9OSi. The number of nitrogens with zero attached hydrogens (tertiary/aromatic N) is 9. The molecule has 43 heavy (non-hydrogen) atoms. The summed E-state index contributed by atoms with van der Waals surface area (Å²) < 4.78 is 52.5. The second-order valence-electron chi connectivity index (χ2n) is 11.5. The molecule has 1 aromatic carbocycles. The molecule has 4 aromatic heterocycles. The first kappa shape index (κ1) is 30.6. The quantitative estimate of drug-likeness (QED) is 0.154. The number of rotatable bonds is 10. The summed E-state index contributed by atoms with van der Waals surface area (Å²) in [6.45, 7) is 8.50. The first-order chi connectivity index (χ1) is 20.4. The SMILES string of the molecule is CC(C)(C)[Si](C)(C)OCCC(c1ccc(-c2c(-n3cnnn3)ccc(Cl)c2F)cn1)n1cc(-c2ccnn2C(F)F)cn1. The molecule has 0 spiro atoms. The van der Waals surface area contributed by atoms with Crippen LogP contribution in [0, 0.1) is 5.82 Å². The van der Waals surface area contributed by atoms with Crippen molar-refractivity contribution in [1.29, 1.82) is 0 Å². The van der Waals surface area contributed by atoms with Gasteiger partial charge in [-0.25, -0.2) is 9.07 Å². The minimum atomic E-state index is -2.79. The van der Waals surface area contributed by atoms with E-state index in [4.69, 9.17) is 21.0 Å². The van der Waals surface area contributed by atoms with Gasteiger partial charge in [0.25, 0.3) is 0 Å². The molecule has 5 rings (SSSR count). The molecular weight excluding hydrogens is 599 g/mol. The lowest BCUT2D eigenvalue weighted by molar-refractivity contribution is 0.0585. The Morgan fingerprint density at radius 1 is 1.02 bits per heavy atom. The van der Waals surface area contributed by atoms with Crippen molar-refractivity contribution in [3.8, 4) is 28.1 Å². The molecule has 0 bridgehead atoms. The third-order valence-corrected chi connectivity index (χ3v) is 12.6. The normalized spacial score (nSPS) is 13.2. The summed E-state index contributed by atoms with van der Waals surface area (Å²) >= 11 is 6.13. The fourth-order valence-corrected chi connectivity index (χ4v) is 5.64. The molecule has 226 valence electrons. The Morgan fingerprint density at radius 3 is 2.47 bits per heavy atom. The van der Waals surface area contributed by atoms with Crippen molar-refractivity contribution in [3.05, 3.63) is 78.0 Å². The number of hydrogen-bond donors (Lipinski definition) is 0. The van der Waals surface area contributed by atoms with Gasteiger partial charge >= 0.3 is 6.55 Å². The summed E-state index contributed by atoms with van der Waals surface area (Å²) in [4.78, 5) is 4.69. The lowest BCUT2D eigenvalue weighted by atomic mass is 10.0. The van der Waals surface area contributed by atoms with Crippen LogP contribution in [0.15, 0.2) is 61.4 Å². The van der Waals surface area contributed by atoms with Gasteiger partial charge in [-0.15, -0.1) is 5.10 Å². The van der Waals surface area contributed by atoms with Crippen LogP contribution in [0.3, 0.4) is 0 Å².